The number of nitrogens with zero attached hydrogens (tertiary/aromatic N) is 5. The molecule has 1 aliphatic rings. The molecule has 4 heterocycles. The van der Waals surface area contributed by atoms with Crippen LogP contribution < -0.4 is 11.1 Å². The number of fused-ring (bicyclic) bond motifs is 1. The molecule has 0 saturated heterocycles. The third-order valence-electron chi connectivity index (χ3n) is 5.51. The number of amides is 1. The number of hydrogen-bond donors (Lipinski definition) is 2. The maximum atomic E-state index is 13.0. The van der Waals surface area contributed by atoms with E-state index in [1.807, 2.05) is 24.4 Å². The smallest absolute Gasteiger partial charge is 0.277 e. The van der Waals surface area contributed by atoms with Gasteiger partial charge >= 0.3 is 0 Å². The molecule has 5 rings (SSSR count). The van der Waals surface area contributed by atoms with Crippen LogP contribution in [0.25, 0.3) is 22.6 Å². The first-order chi connectivity index (χ1) is 16.4. The number of allylic oxidation sites excluding steroid dienone is 4. The lowest BCUT2D eigenvalue weighted by atomic mass is 9.97. The Balaban J connectivity index is 1.52. The number of hydrogen-bond acceptors (Lipinski definition) is 7. The third-order valence-corrected chi connectivity index (χ3v) is 6.90. The minimum absolute atomic E-state index is 0.210. The fraction of sp³-hybridized carbons (Fsp3) is 0.174. The molecule has 0 atom stereocenters. The lowest BCUT2D eigenvalue weighted by molar-refractivity contribution is 0.102. The summed E-state index contributed by atoms with van der Waals surface area (Å²) in [4.78, 5) is 30.6. The first-order valence-corrected chi connectivity index (χ1v) is 12.1. The van der Waals surface area contributed by atoms with Crippen molar-refractivity contribution in [2.45, 2.75) is 26.3 Å². The van der Waals surface area contributed by atoms with Gasteiger partial charge in [-0.05, 0) is 43.5 Å². The van der Waals surface area contributed by atoms with Crippen molar-refractivity contribution in [2.75, 3.05) is 5.32 Å². The predicted octanol–water partition coefficient (Wildman–Crippen LogP) is 5.13. The maximum Gasteiger partial charge on any atom is 0.277 e. The van der Waals surface area contributed by atoms with Crippen LogP contribution in [0.2, 0.25) is 0 Å². The normalized spacial score (nSPS) is 13.9. The predicted molar refractivity (Wildman–Crippen MR) is 135 cm³/mol. The van der Waals surface area contributed by atoms with Crippen LogP contribution in [0.1, 0.15) is 40.3 Å². The van der Waals surface area contributed by atoms with Crippen LogP contribution in [-0.4, -0.2) is 30.2 Å². The zero-order valence-electron chi connectivity index (χ0n) is 18.0. The number of imidazole rings is 1. The molecule has 0 bridgehead atoms. The fourth-order valence-corrected chi connectivity index (χ4v) is 5.15. The van der Waals surface area contributed by atoms with E-state index in [9.17, 15) is 4.79 Å². The number of carbonyl (C=O) groups excluding carboxylic acids is 1. The van der Waals surface area contributed by atoms with Crippen LogP contribution in [0, 0.1) is 6.92 Å². The topological polar surface area (TPSA) is 111 Å². The highest BCUT2D eigenvalue weighted by molar-refractivity contribution is 7.14. The van der Waals surface area contributed by atoms with Gasteiger partial charge in [-0.15, -0.1) is 11.3 Å². The van der Waals surface area contributed by atoms with Gasteiger partial charge < -0.3 is 5.73 Å². The van der Waals surface area contributed by atoms with Gasteiger partial charge in [0, 0.05) is 57.4 Å². The molecule has 1 aliphatic carbocycles. The van der Waals surface area contributed by atoms with E-state index in [1.54, 1.807) is 29.1 Å². The quantitative estimate of drug-likeness (QED) is 0.383. The Bertz CT molecular complexity index is 1470. The van der Waals surface area contributed by atoms with Crippen molar-refractivity contribution in [3.8, 4) is 11.3 Å². The Morgan fingerprint density at radius 3 is 2.85 bits per heavy atom. The van der Waals surface area contributed by atoms with Gasteiger partial charge in [-0.25, -0.2) is 15.0 Å². The summed E-state index contributed by atoms with van der Waals surface area (Å²) < 4.78 is 1.78. The molecule has 4 aromatic rings. The van der Waals surface area contributed by atoms with Gasteiger partial charge in [0.2, 0.25) is 5.78 Å². The molecule has 3 N–H and O–H groups in total. The largest absolute Gasteiger partial charge is 0.326 e. The Morgan fingerprint density at radius 1 is 1.26 bits per heavy atom. The number of nitrogens with one attached hydrogen (secondary N) is 1. The standard InChI is InChI=1S/C23H19Cl2N7OS/c1-12-16(8-26)20(15-5-4-14(24)7-17(15)25)32-10-18(29-22(32)28-12)21(33)31-23-30-19(11-34-23)13-3-2-6-27-9-13/h2-3,6-7,9-11H,4-5,8,26H2,1H3,(H,30,31,33). The zero-order chi connectivity index (χ0) is 23.8. The molecule has 34 heavy (non-hydrogen) atoms. The van der Waals surface area contributed by atoms with E-state index < -0.39 is 0 Å². The monoisotopic (exact) mass is 511 g/mol. The lowest BCUT2D eigenvalue weighted by Gasteiger charge is -2.19. The average molecular weight is 512 g/mol. The van der Waals surface area contributed by atoms with Crippen molar-refractivity contribution >= 4 is 56.9 Å². The molecule has 172 valence electrons. The maximum absolute atomic E-state index is 13.0. The van der Waals surface area contributed by atoms with E-state index >= 15 is 0 Å². The van der Waals surface area contributed by atoms with Crippen LogP contribution in [0.5, 0.6) is 0 Å². The molecular weight excluding hydrogens is 493 g/mol. The fourth-order valence-electron chi connectivity index (χ4n) is 3.86. The molecule has 0 unspecified atom stereocenters. The molecule has 11 heteroatoms. The number of halogens is 2. The third kappa shape index (κ3) is 4.23. The highest BCUT2D eigenvalue weighted by Crippen LogP contribution is 2.37. The average Bonchev–Trinajstić information content (AvgIpc) is 3.46. The minimum Gasteiger partial charge on any atom is -0.326 e. The van der Waals surface area contributed by atoms with Gasteiger partial charge in [-0.2, -0.15) is 0 Å². The van der Waals surface area contributed by atoms with Crippen LogP contribution >= 0.6 is 34.5 Å². The van der Waals surface area contributed by atoms with E-state index in [4.69, 9.17) is 28.9 Å². The van der Waals surface area contributed by atoms with Gasteiger partial charge in [-0.3, -0.25) is 19.5 Å². The second-order valence-electron chi connectivity index (χ2n) is 7.68. The Hall–Kier alpha value is -3.11. The van der Waals surface area contributed by atoms with Gasteiger partial charge in [-0.1, -0.05) is 23.2 Å². The number of aryl methyl sites for hydroxylation is 1. The van der Waals surface area contributed by atoms with Crippen LogP contribution in [0.15, 0.2) is 52.2 Å². The van der Waals surface area contributed by atoms with Gasteiger partial charge in [0.05, 0.1) is 11.4 Å². The first-order valence-electron chi connectivity index (χ1n) is 10.5. The Labute approximate surface area is 209 Å². The molecule has 1 amide bonds. The van der Waals surface area contributed by atoms with Crippen LogP contribution in [-0.2, 0) is 6.54 Å². The summed E-state index contributed by atoms with van der Waals surface area (Å²) in [7, 11) is 0. The van der Waals surface area contributed by atoms with Gasteiger partial charge in [0.25, 0.3) is 5.91 Å². The number of pyridine rings is 1. The number of aromatic nitrogens is 5. The molecular formula is C23H19Cl2N7OS. The zero-order valence-corrected chi connectivity index (χ0v) is 20.4. The van der Waals surface area contributed by atoms with E-state index in [1.165, 1.54) is 11.3 Å². The van der Waals surface area contributed by atoms with E-state index in [0.717, 1.165) is 33.8 Å². The summed E-state index contributed by atoms with van der Waals surface area (Å²) in [6, 6.07) is 3.75. The number of nitrogens with two attached hydrogens (primary N) is 1. The summed E-state index contributed by atoms with van der Waals surface area (Å²) in [5.74, 6) is 0.00445. The molecule has 0 spiro atoms. The van der Waals surface area contributed by atoms with E-state index in [-0.39, 0.29) is 18.1 Å². The minimum atomic E-state index is -0.387. The van der Waals surface area contributed by atoms with Crippen molar-refractivity contribution in [1.29, 1.82) is 0 Å². The summed E-state index contributed by atoms with van der Waals surface area (Å²) in [5.41, 5.74) is 11.2. The van der Waals surface area contributed by atoms with Crippen molar-refractivity contribution in [1.82, 2.24) is 24.3 Å². The van der Waals surface area contributed by atoms with Crippen LogP contribution in [0.3, 0.4) is 0 Å². The summed E-state index contributed by atoms with van der Waals surface area (Å²) in [6.07, 6.45) is 8.14. The van der Waals surface area contributed by atoms with E-state index in [0.29, 0.717) is 33.8 Å². The van der Waals surface area contributed by atoms with Gasteiger partial charge in [0.15, 0.2) is 5.13 Å². The molecule has 8 nitrogen and oxygen atoms in total. The van der Waals surface area contributed by atoms with Crippen molar-refractivity contribution in [3.63, 3.8) is 0 Å². The van der Waals surface area contributed by atoms with Gasteiger partial charge in [0.1, 0.15) is 5.69 Å². The molecule has 4 aromatic heterocycles. The lowest BCUT2D eigenvalue weighted by Crippen LogP contribution is -2.12. The first kappa shape index (κ1) is 22.7. The second kappa shape index (κ2) is 9.27. The van der Waals surface area contributed by atoms with E-state index in [2.05, 4.69) is 25.3 Å². The molecule has 0 fully saturated rings. The number of anilines is 1. The number of thiazole rings is 1. The summed E-state index contributed by atoms with van der Waals surface area (Å²) in [5, 5.41) is 6.39. The molecule has 0 saturated carbocycles. The highest BCUT2D eigenvalue weighted by Gasteiger charge is 2.23. The SMILES string of the molecule is Cc1nc2nc(C(=O)Nc3nc(-c4cccnc4)cs3)cn2c(C2=C(Cl)C=C(Cl)CC2)c1CN. The van der Waals surface area contributed by atoms with Crippen LogP contribution in [0.4, 0.5) is 5.13 Å². The van der Waals surface area contributed by atoms with Crippen molar-refractivity contribution in [3.05, 3.63) is 74.9 Å². The highest BCUT2D eigenvalue weighted by atomic mass is 35.5. The molecule has 0 aromatic carbocycles. The summed E-state index contributed by atoms with van der Waals surface area (Å²) in [6.45, 7) is 2.14. The number of carbonyl (C=O) groups is 1. The van der Waals surface area contributed by atoms with Crippen molar-refractivity contribution < 1.29 is 4.79 Å². The summed E-state index contributed by atoms with van der Waals surface area (Å²) >= 11 is 14.1. The molecule has 0 aliphatic heterocycles. The molecule has 0 radical (unpaired) electrons. The number of rotatable bonds is 5. The second-order valence-corrected chi connectivity index (χ2v) is 9.43. The van der Waals surface area contributed by atoms with Crippen molar-refractivity contribution in [2.24, 2.45) is 5.73 Å². The Morgan fingerprint density at radius 2 is 2.12 bits per heavy atom. The Kier molecular flexibility index (Phi) is 6.18.